The highest BCUT2D eigenvalue weighted by Gasteiger charge is 2.17. The highest BCUT2D eigenvalue weighted by Crippen LogP contribution is 2.14. The van der Waals surface area contributed by atoms with Gasteiger partial charge in [-0.05, 0) is 12.5 Å². The molecule has 0 spiro atoms. The molecule has 0 bridgehead atoms. The van der Waals surface area contributed by atoms with Crippen LogP contribution in [0, 0.1) is 0 Å². The highest BCUT2D eigenvalue weighted by atomic mass is 35.5. The Labute approximate surface area is 91.5 Å². The maximum absolute atomic E-state index is 5.91. The van der Waals surface area contributed by atoms with E-state index >= 15 is 0 Å². The third-order valence-corrected chi connectivity index (χ3v) is 1.86. The second-order valence-electron chi connectivity index (χ2n) is 2.99. The van der Waals surface area contributed by atoms with Gasteiger partial charge in [-0.25, -0.2) is 0 Å². The molecule has 0 aliphatic rings. The van der Waals surface area contributed by atoms with Gasteiger partial charge in [0.2, 0.25) is 0 Å². The van der Waals surface area contributed by atoms with Crippen LogP contribution in [0.3, 0.4) is 0 Å². The van der Waals surface area contributed by atoms with Gasteiger partial charge < -0.3 is 11.5 Å². The van der Waals surface area contributed by atoms with E-state index in [1.807, 2.05) is 37.3 Å². The minimum atomic E-state index is -0.388. The number of halogens is 2. The van der Waals surface area contributed by atoms with E-state index in [1.54, 1.807) is 0 Å². The van der Waals surface area contributed by atoms with Crippen LogP contribution < -0.4 is 11.5 Å². The van der Waals surface area contributed by atoms with E-state index < -0.39 is 0 Å². The van der Waals surface area contributed by atoms with Crippen molar-refractivity contribution in [2.45, 2.75) is 12.5 Å². The summed E-state index contributed by atoms with van der Waals surface area (Å²) in [6, 6.07) is 9.89. The van der Waals surface area contributed by atoms with Crippen molar-refractivity contribution in [1.82, 2.24) is 0 Å². The second-order valence-corrected chi connectivity index (χ2v) is 2.99. The number of nitrogens with two attached hydrogens (primary N) is 2. The van der Waals surface area contributed by atoms with Crippen LogP contribution in [0.2, 0.25) is 0 Å². The predicted molar refractivity (Wildman–Crippen MR) is 61.5 cm³/mol. The molecule has 0 aliphatic carbocycles. The van der Waals surface area contributed by atoms with E-state index in [-0.39, 0.29) is 30.4 Å². The maximum atomic E-state index is 5.91. The summed E-state index contributed by atoms with van der Waals surface area (Å²) in [5.41, 5.74) is 12.1. The van der Waals surface area contributed by atoms with Crippen LogP contribution in [0.25, 0.3) is 0 Å². The van der Waals surface area contributed by atoms with Crippen LogP contribution in [-0.4, -0.2) is 6.54 Å². The molecule has 4 N–H and O–H groups in total. The molecule has 1 unspecified atom stereocenters. The minimum absolute atomic E-state index is 0. The number of hydrogen-bond donors (Lipinski definition) is 2. The first kappa shape index (κ1) is 15.2. The zero-order valence-corrected chi connectivity index (χ0v) is 9.20. The van der Waals surface area contributed by atoms with Gasteiger partial charge in [0.05, 0.1) is 5.54 Å². The Bertz CT molecular complexity index is 224. The molecule has 0 fully saturated rings. The standard InChI is InChI=1S/C9H14N2.2ClH/c1-9(11,7-10)8-5-3-2-4-6-8;;/h2-6H,7,10-11H2,1H3;2*1H. The number of benzene rings is 1. The van der Waals surface area contributed by atoms with E-state index in [9.17, 15) is 0 Å². The molecule has 0 amide bonds. The van der Waals surface area contributed by atoms with Gasteiger partial charge in [0.25, 0.3) is 0 Å². The van der Waals surface area contributed by atoms with Crippen molar-refractivity contribution >= 4 is 24.8 Å². The summed E-state index contributed by atoms with van der Waals surface area (Å²) in [6.45, 7) is 2.40. The summed E-state index contributed by atoms with van der Waals surface area (Å²) in [6.07, 6.45) is 0. The fraction of sp³-hybridized carbons (Fsp3) is 0.333. The molecule has 1 aromatic carbocycles. The van der Waals surface area contributed by atoms with Crippen molar-refractivity contribution < 1.29 is 0 Å². The van der Waals surface area contributed by atoms with Crippen molar-refractivity contribution in [3.63, 3.8) is 0 Å². The monoisotopic (exact) mass is 222 g/mol. The van der Waals surface area contributed by atoms with Gasteiger partial charge >= 0.3 is 0 Å². The fourth-order valence-corrected chi connectivity index (χ4v) is 0.937. The summed E-state index contributed by atoms with van der Waals surface area (Å²) in [5.74, 6) is 0. The number of hydrogen-bond acceptors (Lipinski definition) is 2. The SMILES string of the molecule is CC(N)(CN)c1ccccc1.Cl.Cl. The zero-order chi connectivity index (χ0) is 8.32. The van der Waals surface area contributed by atoms with Crippen LogP contribution >= 0.6 is 24.8 Å². The van der Waals surface area contributed by atoms with Crippen LogP contribution in [0.5, 0.6) is 0 Å². The first-order valence-corrected chi connectivity index (χ1v) is 3.71. The molecule has 76 valence electrons. The summed E-state index contributed by atoms with van der Waals surface area (Å²) in [5, 5.41) is 0. The van der Waals surface area contributed by atoms with Crippen LogP contribution in [0.15, 0.2) is 30.3 Å². The summed E-state index contributed by atoms with van der Waals surface area (Å²) >= 11 is 0. The molecule has 0 radical (unpaired) electrons. The third-order valence-electron chi connectivity index (χ3n) is 1.86. The lowest BCUT2D eigenvalue weighted by Gasteiger charge is -2.22. The van der Waals surface area contributed by atoms with Crippen molar-refractivity contribution in [1.29, 1.82) is 0 Å². The molecule has 0 heterocycles. The fourth-order valence-electron chi connectivity index (χ4n) is 0.937. The number of rotatable bonds is 2. The zero-order valence-electron chi connectivity index (χ0n) is 7.57. The average Bonchev–Trinajstić information content (AvgIpc) is 2.06. The molecule has 0 saturated heterocycles. The topological polar surface area (TPSA) is 52.0 Å². The quantitative estimate of drug-likeness (QED) is 0.801. The van der Waals surface area contributed by atoms with Gasteiger partial charge in [0, 0.05) is 6.54 Å². The van der Waals surface area contributed by atoms with E-state index in [4.69, 9.17) is 11.5 Å². The van der Waals surface area contributed by atoms with Gasteiger partial charge in [0.1, 0.15) is 0 Å². The van der Waals surface area contributed by atoms with Crippen molar-refractivity contribution in [2.75, 3.05) is 6.54 Å². The normalized spacial score (nSPS) is 13.5. The highest BCUT2D eigenvalue weighted by molar-refractivity contribution is 5.85. The third kappa shape index (κ3) is 3.96. The molecule has 4 heteroatoms. The van der Waals surface area contributed by atoms with Gasteiger partial charge in [0.15, 0.2) is 0 Å². The molecule has 2 nitrogen and oxygen atoms in total. The summed E-state index contributed by atoms with van der Waals surface area (Å²) in [7, 11) is 0. The molecule has 0 saturated carbocycles. The minimum Gasteiger partial charge on any atom is -0.328 e. The molecule has 1 rings (SSSR count). The molecule has 0 aliphatic heterocycles. The van der Waals surface area contributed by atoms with Gasteiger partial charge in [-0.15, -0.1) is 24.8 Å². The van der Waals surface area contributed by atoms with Crippen molar-refractivity contribution in [3.05, 3.63) is 35.9 Å². The van der Waals surface area contributed by atoms with Crippen molar-refractivity contribution in [2.24, 2.45) is 11.5 Å². The first-order chi connectivity index (χ1) is 5.17. The van der Waals surface area contributed by atoms with Gasteiger partial charge in [-0.3, -0.25) is 0 Å². The Morgan fingerprint density at radius 1 is 1.15 bits per heavy atom. The van der Waals surface area contributed by atoms with Crippen LogP contribution in [0.4, 0.5) is 0 Å². The Balaban J connectivity index is 0. The molecule has 1 atom stereocenters. The lowest BCUT2D eigenvalue weighted by atomic mass is 9.94. The molecule has 0 aromatic heterocycles. The molecular formula is C9H16Cl2N2. The van der Waals surface area contributed by atoms with Crippen molar-refractivity contribution in [3.8, 4) is 0 Å². The Hall–Kier alpha value is -0.280. The lowest BCUT2D eigenvalue weighted by molar-refractivity contribution is 0.508. The predicted octanol–water partition coefficient (Wildman–Crippen LogP) is 1.66. The largest absolute Gasteiger partial charge is 0.328 e. The molecule has 13 heavy (non-hydrogen) atoms. The van der Waals surface area contributed by atoms with Gasteiger partial charge in [-0.2, -0.15) is 0 Å². The Kier molecular flexibility index (Phi) is 7.27. The lowest BCUT2D eigenvalue weighted by Crippen LogP contribution is -2.40. The Morgan fingerprint density at radius 3 is 2.00 bits per heavy atom. The van der Waals surface area contributed by atoms with E-state index in [0.717, 1.165) is 5.56 Å². The molecule has 1 aromatic rings. The van der Waals surface area contributed by atoms with Crippen LogP contribution in [0.1, 0.15) is 12.5 Å². The summed E-state index contributed by atoms with van der Waals surface area (Å²) < 4.78 is 0. The van der Waals surface area contributed by atoms with E-state index in [0.29, 0.717) is 6.54 Å². The van der Waals surface area contributed by atoms with E-state index in [2.05, 4.69) is 0 Å². The first-order valence-electron chi connectivity index (χ1n) is 3.71. The van der Waals surface area contributed by atoms with E-state index in [1.165, 1.54) is 0 Å². The molecular weight excluding hydrogens is 207 g/mol. The maximum Gasteiger partial charge on any atom is 0.0505 e. The van der Waals surface area contributed by atoms with Crippen LogP contribution in [-0.2, 0) is 5.54 Å². The second kappa shape index (κ2) is 6.22. The van der Waals surface area contributed by atoms with Gasteiger partial charge in [-0.1, -0.05) is 30.3 Å². The Morgan fingerprint density at radius 2 is 1.62 bits per heavy atom. The summed E-state index contributed by atoms with van der Waals surface area (Å²) in [4.78, 5) is 0. The average molecular weight is 223 g/mol. The smallest absolute Gasteiger partial charge is 0.0505 e.